The lowest BCUT2D eigenvalue weighted by atomic mass is 9.94. The second-order valence-electron chi connectivity index (χ2n) is 20.9. The molecule has 0 saturated heterocycles. The number of ether oxygens (including phenoxy) is 3. The molecular formula is C60H113N3O7. The maximum Gasteiger partial charge on any atom is 0.305 e. The van der Waals surface area contributed by atoms with Crippen LogP contribution in [0.3, 0.4) is 0 Å². The van der Waals surface area contributed by atoms with E-state index in [0.29, 0.717) is 56.7 Å². The summed E-state index contributed by atoms with van der Waals surface area (Å²) in [5.74, 6) is 1.04. The van der Waals surface area contributed by atoms with Gasteiger partial charge in [0.2, 0.25) is 0 Å². The first-order chi connectivity index (χ1) is 34.2. The first-order valence-electron chi connectivity index (χ1n) is 30.2. The van der Waals surface area contributed by atoms with E-state index in [4.69, 9.17) is 14.2 Å². The molecule has 0 unspecified atom stereocenters. The molecule has 0 aliphatic rings. The van der Waals surface area contributed by atoms with E-state index in [0.717, 1.165) is 77.8 Å². The molecule has 0 heterocycles. The predicted molar refractivity (Wildman–Crippen MR) is 297 cm³/mol. The molecular weight excluding hydrogens is 875 g/mol. The highest BCUT2D eigenvalue weighted by Gasteiger charge is 2.22. The summed E-state index contributed by atoms with van der Waals surface area (Å²) in [6, 6.07) is 0. The Kier molecular flexibility index (Phi) is 44.5. The van der Waals surface area contributed by atoms with Crippen LogP contribution in [-0.2, 0) is 19.1 Å². The summed E-state index contributed by atoms with van der Waals surface area (Å²) in [6.07, 6.45) is 42.5. The lowest BCUT2D eigenvalue weighted by Gasteiger charge is -2.27. The zero-order chi connectivity index (χ0) is 51.1. The van der Waals surface area contributed by atoms with Gasteiger partial charge in [0.05, 0.1) is 19.8 Å². The molecule has 10 nitrogen and oxygen atoms in total. The Morgan fingerprint density at radius 2 is 0.800 bits per heavy atom. The molecule has 0 spiro atoms. The van der Waals surface area contributed by atoms with Crippen LogP contribution in [0.2, 0.25) is 0 Å². The number of likely N-dealkylation sites (N-methyl/N-ethyl adjacent to an activating group) is 1. The number of nitrogens with zero attached hydrogens (tertiary/aromatic N) is 2. The molecule has 1 rings (SSSR count). The molecule has 0 aliphatic carbocycles. The summed E-state index contributed by atoms with van der Waals surface area (Å²) < 4.78 is 17.2. The Bertz CT molecular complexity index is 1380. The van der Waals surface area contributed by atoms with Crippen molar-refractivity contribution in [2.75, 3.05) is 71.0 Å². The summed E-state index contributed by atoms with van der Waals surface area (Å²) >= 11 is 0. The number of esters is 2. The molecule has 0 amide bonds. The Labute approximate surface area is 431 Å². The van der Waals surface area contributed by atoms with E-state index in [1.165, 1.54) is 180 Å². The minimum atomic E-state index is -0.549. The van der Waals surface area contributed by atoms with E-state index < -0.39 is 10.9 Å². The maximum absolute atomic E-state index is 12.9. The number of carbonyl (C=O) groups is 2. The van der Waals surface area contributed by atoms with Crippen LogP contribution in [0.15, 0.2) is 9.59 Å². The minimum absolute atomic E-state index is 0.0345. The fourth-order valence-corrected chi connectivity index (χ4v) is 9.80. The van der Waals surface area contributed by atoms with Crippen LogP contribution in [0, 0.1) is 11.8 Å². The van der Waals surface area contributed by atoms with Crippen molar-refractivity contribution in [3.05, 3.63) is 20.4 Å². The topological polar surface area (TPSA) is 114 Å². The molecule has 0 aliphatic heterocycles. The molecule has 0 bridgehead atoms. The average Bonchev–Trinajstić information content (AvgIpc) is 3.36. The van der Waals surface area contributed by atoms with Gasteiger partial charge in [0, 0.05) is 39.0 Å². The van der Waals surface area contributed by atoms with E-state index in [1.54, 1.807) is 0 Å². The lowest BCUT2D eigenvalue weighted by molar-refractivity contribution is -0.146. The zero-order valence-corrected chi connectivity index (χ0v) is 46.9. The van der Waals surface area contributed by atoms with Gasteiger partial charge >= 0.3 is 11.9 Å². The SMILES string of the molecule is CCCCCCCCC(CCCCCCCC)COC(=O)CCCCCN(CC)CCN(CCCCCC(=O)OCC(CCCCCCCC)CCCCCCCC)CCNc1c(OCC)c(=O)c1=O. The van der Waals surface area contributed by atoms with Gasteiger partial charge in [-0.15, -0.1) is 0 Å². The van der Waals surface area contributed by atoms with Crippen molar-refractivity contribution in [1.29, 1.82) is 0 Å². The van der Waals surface area contributed by atoms with Crippen molar-refractivity contribution in [3.63, 3.8) is 0 Å². The molecule has 0 radical (unpaired) electrons. The number of hydrogen-bond acceptors (Lipinski definition) is 10. The second kappa shape index (κ2) is 47.5. The summed E-state index contributed by atoms with van der Waals surface area (Å²) in [7, 11) is 0. The highest BCUT2D eigenvalue weighted by Crippen LogP contribution is 2.23. The van der Waals surface area contributed by atoms with Crippen LogP contribution >= 0.6 is 0 Å². The van der Waals surface area contributed by atoms with Crippen LogP contribution in [0.1, 0.15) is 273 Å². The molecule has 70 heavy (non-hydrogen) atoms. The number of unbranched alkanes of at least 4 members (excludes halogenated alkanes) is 24. The van der Waals surface area contributed by atoms with Crippen molar-refractivity contribution >= 4 is 17.6 Å². The number of rotatable bonds is 54. The molecule has 410 valence electrons. The third kappa shape index (κ3) is 35.6. The molecule has 1 aromatic rings. The number of anilines is 1. The molecule has 0 atom stereocenters. The van der Waals surface area contributed by atoms with Crippen LogP contribution < -0.4 is 20.9 Å². The van der Waals surface area contributed by atoms with Crippen LogP contribution in [-0.4, -0.2) is 87.4 Å². The van der Waals surface area contributed by atoms with Crippen LogP contribution in [0.25, 0.3) is 0 Å². The molecule has 0 aromatic heterocycles. The highest BCUT2D eigenvalue weighted by atomic mass is 16.5. The van der Waals surface area contributed by atoms with Crippen LogP contribution in [0.4, 0.5) is 5.69 Å². The van der Waals surface area contributed by atoms with Gasteiger partial charge < -0.3 is 29.3 Å². The van der Waals surface area contributed by atoms with Gasteiger partial charge in [-0.3, -0.25) is 19.2 Å². The number of nitrogens with one attached hydrogen (secondary N) is 1. The van der Waals surface area contributed by atoms with Gasteiger partial charge in [0.1, 0.15) is 5.69 Å². The van der Waals surface area contributed by atoms with Gasteiger partial charge in [0.25, 0.3) is 10.9 Å². The maximum atomic E-state index is 12.9. The Morgan fingerprint density at radius 1 is 0.429 bits per heavy atom. The summed E-state index contributed by atoms with van der Waals surface area (Å²) in [6.45, 7) is 20.5. The quantitative estimate of drug-likeness (QED) is 0.0384. The molecule has 1 N–H and O–H groups in total. The Morgan fingerprint density at radius 3 is 1.20 bits per heavy atom. The average molecular weight is 989 g/mol. The third-order valence-corrected chi connectivity index (χ3v) is 14.6. The number of hydrogen-bond donors (Lipinski definition) is 1. The smallest absolute Gasteiger partial charge is 0.305 e. The summed E-state index contributed by atoms with van der Waals surface area (Å²) in [5, 5.41) is 3.19. The summed E-state index contributed by atoms with van der Waals surface area (Å²) in [5.41, 5.74) is -0.751. The monoisotopic (exact) mass is 988 g/mol. The lowest BCUT2D eigenvalue weighted by Crippen LogP contribution is -2.40. The largest absolute Gasteiger partial charge is 0.488 e. The van der Waals surface area contributed by atoms with Crippen molar-refractivity contribution < 1.29 is 23.8 Å². The first kappa shape index (κ1) is 65.6. The minimum Gasteiger partial charge on any atom is -0.488 e. The molecule has 1 aromatic carbocycles. The summed E-state index contributed by atoms with van der Waals surface area (Å²) in [4.78, 5) is 55.0. The molecule has 0 saturated carbocycles. The van der Waals surface area contributed by atoms with Gasteiger partial charge in [-0.1, -0.05) is 202 Å². The Balaban J connectivity index is 2.59. The number of carbonyl (C=O) groups excluding carboxylic acids is 2. The first-order valence-corrected chi connectivity index (χ1v) is 30.2. The van der Waals surface area contributed by atoms with E-state index in [-0.39, 0.29) is 17.7 Å². The van der Waals surface area contributed by atoms with Gasteiger partial charge in [-0.25, -0.2) is 0 Å². The van der Waals surface area contributed by atoms with Gasteiger partial charge in [-0.05, 0) is 89.8 Å². The van der Waals surface area contributed by atoms with E-state index >= 15 is 0 Å². The molecule has 10 heteroatoms. The van der Waals surface area contributed by atoms with E-state index in [2.05, 4.69) is 49.7 Å². The normalized spacial score (nSPS) is 11.8. The Hall–Kier alpha value is -2.46. The van der Waals surface area contributed by atoms with Crippen molar-refractivity contribution in [2.24, 2.45) is 11.8 Å². The molecule has 0 fully saturated rings. The highest BCUT2D eigenvalue weighted by molar-refractivity contribution is 5.69. The van der Waals surface area contributed by atoms with E-state index in [1.807, 2.05) is 6.92 Å². The fourth-order valence-electron chi connectivity index (χ4n) is 9.80. The fraction of sp³-hybridized carbons (Fsp3) is 0.900. The van der Waals surface area contributed by atoms with Crippen LogP contribution in [0.5, 0.6) is 5.75 Å². The van der Waals surface area contributed by atoms with Gasteiger partial charge in [-0.2, -0.15) is 0 Å². The van der Waals surface area contributed by atoms with Gasteiger partial charge in [0.15, 0.2) is 5.75 Å². The van der Waals surface area contributed by atoms with E-state index in [9.17, 15) is 19.2 Å². The standard InChI is InChI=1S/C60H113N3O7/c1-7-13-17-21-25-31-39-53(40-32-26-22-18-14-8-2)51-69-55(64)43-35-29-37-46-62(11-5)49-50-63(48-45-61-57-58(66)59(67)60(57)68-12-6)47-38-30-36-44-56(65)70-52-54(41-33-27-23-19-15-9-3)42-34-28-24-20-16-10-4/h53-54,61H,7-52H2,1-6H3. The second-order valence-corrected chi connectivity index (χ2v) is 20.9. The van der Waals surface area contributed by atoms with Crippen molar-refractivity contribution in [1.82, 2.24) is 9.80 Å². The predicted octanol–water partition coefficient (Wildman–Crippen LogP) is 15.2. The van der Waals surface area contributed by atoms with Crippen molar-refractivity contribution in [3.8, 4) is 5.75 Å². The zero-order valence-electron chi connectivity index (χ0n) is 46.9. The van der Waals surface area contributed by atoms with Crippen molar-refractivity contribution in [2.45, 2.75) is 273 Å². The third-order valence-electron chi connectivity index (χ3n) is 14.6.